The van der Waals surface area contributed by atoms with Crippen LogP contribution in [0.15, 0.2) is 48.8 Å². The first-order valence-electron chi connectivity index (χ1n) is 8.62. The zero-order chi connectivity index (χ0) is 19.5. The molecule has 8 nitrogen and oxygen atoms in total. The normalized spacial score (nSPS) is 16.7. The van der Waals surface area contributed by atoms with Gasteiger partial charge in [-0.15, -0.1) is 0 Å². The largest absolute Gasteiger partial charge is 0.342 e. The topological polar surface area (TPSA) is 101 Å². The van der Waals surface area contributed by atoms with Crippen molar-refractivity contribution in [2.75, 3.05) is 30.4 Å². The van der Waals surface area contributed by atoms with Gasteiger partial charge in [0.1, 0.15) is 11.3 Å². The molecule has 3 rings (SSSR count). The fourth-order valence-electron chi connectivity index (χ4n) is 3.29. The van der Waals surface area contributed by atoms with Crippen molar-refractivity contribution in [3.05, 3.63) is 48.8 Å². The number of aromatic nitrogens is 2. The van der Waals surface area contributed by atoms with E-state index in [1.54, 1.807) is 35.3 Å². The van der Waals surface area contributed by atoms with Gasteiger partial charge < -0.3 is 10.2 Å². The van der Waals surface area contributed by atoms with Gasteiger partial charge in [-0.1, -0.05) is 18.2 Å². The average Bonchev–Trinajstić information content (AvgIpc) is 3.16. The summed E-state index contributed by atoms with van der Waals surface area (Å²) in [7, 11) is -3.39. The van der Waals surface area contributed by atoms with Crippen LogP contribution >= 0.6 is 0 Å². The number of anilines is 1. The van der Waals surface area contributed by atoms with Crippen LogP contribution in [0.4, 0.5) is 5.69 Å². The van der Waals surface area contributed by atoms with Crippen LogP contribution in [0.2, 0.25) is 0 Å². The summed E-state index contributed by atoms with van der Waals surface area (Å²) >= 11 is 0. The summed E-state index contributed by atoms with van der Waals surface area (Å²) in [5.41, 5.74) is -0.245. The number of carbonyl (C=O) groups excluding carboxylic acids is 2. The highest BCUT2D eigenvalue weighted by molar-refractivity contribution is 7.91. The lowest BCUT2D eigenvalue weighted by atomic mass is 9.86. The summed E-state index contributed by atoms with van der Waals surface area (Å²) in [5, 5.41) is 7.18. The van der Waals surface area contributed by atoms with Crippen LogP contribution in [0.25, 0.3) is 0 Å². The van der Waals surface area contributed by atoms with E-state index in [2.05, 4.69) is 10.4 Å². The minimum atomic E-state index is -3.39. The monoisotopic (exact) mass is 390 g/mol. The molecule has 0 radical (unpaired) electrons. The van der Waals surface area contributed by atoms with E-state index in [-0.39, 0.29) is 19.0 Å². The second-order valence-corrected chi connectivity index (χ2v) is 8.89. The quantitative estimate of drug-likeness (QED) is 0.817. The molecule has 0 unspecified atom stereocenters. The summed E-state index contributed by atoms with van der Waals surface area (Å²) in [5.74, 6) is -1.15. The van der Waals surface area contributed by atoms with Gasteiger partial charge in [0, 0.05) is 37.4 Å². The second kappa shape index (κ2) is 7.51. The third-order valence-corrected chi connectivity index (χ3v) is 5.50. The van der Waals surface area contributed by atoms with E-state index in [4.69, 9.17) is 0 Å². The molecule has 144 valence electrons. The third-order valence-electron chi connectivity index (χ3n) is 4.73. The molecule has 1 aliphatic heterocycles. The molecule has 1 aromatic heterocycles. The molecule has 1 N–H and O–H groups in total. The number of para-hydroxylation sites is 1. The highest BCUT2D eigenvalue weighted by Gasteiger charge is 2.44. The Morgan fingerprint density at radius 2 is 1.81 bits per heavy atom. The van der Waals surface area contributed by atoms with E-state index >= 15 is 0 Å². The summed E-state index contributed by atoms with van der Waals surface area (Å²) in [6.07, 6.45) is 5.08. The predicted molar refractivity (Wildman–Crippen MR) is 101 cm³/mol. The maximum atomic E-state index is 13.1. The van der Waals surface area contributed by atoms with Crippen molar-refractivity contribution in [2.24, 2.45) is 0 Å². The van der Waals surface area contributed by atoms with E-state index in [1.165, 1.54) is 4.90 Å². The molecule has 0 aliphatic carbocycles. The zero-order valence-electron chi connectivity index (χ0n) is 15.0. The Balaban J connectivity index is 1.78. The number of rotatable bonds is 5. The van der Waals surface area contributed by atoms with Crippen LogP contribution in [0.5, 0.6) is 0 Å². The highest BCUT2D eigenvalue weighted by Crippen LogP contribution is 2.31. The standard InChI is InChI=1S/C18H22N4O4S/c1-27(25,26)14-16(23)21-12-8-18(9-13-21,22-11-5-10-19-22)17(24)20-15-6-3-2-4-7-15/h2-7,10-11H,8-9,12-14H2,1H3,(H,20,24). The van der Waals surface area contributed by atoms with Crippen molar-refractivity contribution < 1.29 is 18.0 Å². The van der Waals surface area contributed by atoms with Gasteiger partial charge in [-0.25, -0.2) is 8.42 Å². The van der Waals surface area contributed by atoms with Gasteiger partial charge in [0.05, 0.1) is 0 Å². The molecule has 0 spiro atoms. The number of amides is 2. The first kappa shape index (κ1) is 19.1. The SMILES string of the molecule is CS(=O)(=O)CC(=O)N1CCC(C(=O)Nc2ccccc2)(n2cccn2)CC1. The lowest BCUT2D eigenvalue weighted by molar-refractivity contribution is -0.135. The number of carbonyl (C=O) groups is 2. The van der Waals surface area contributed by atoms with Gasteiger partial charge in [0.25, 0.3) is 5.91 Å². The summed E-state index contributed by atoms with van der Waals surface area (Å²) < 4.78 is 24.4. The van der Waals surface area contributed by atoms with Crippen LogP contribution in [-0.2, 0) is 25.0 Å². The first-order valence-corrected chi connectivity index (χ1v) is 10.7. The van der Waals surface area contributed by atoms with Gasteiger partial charge in [0.2, 0.25) is 5.91 Å². The second-order valence-electron chi connectivity index (χ2n) is 6.75. The van der Waals surface area contributed by atoms with Crippen molar-refractivity contribution in [1.29, 1.82) is 0 Å². The number of piperidine rings is 1. The van der Waals surface area contributed by atoms with E-state index < -0.39 is 27.0 Å². The lowest BCUT2D eigenvalue weighted by Crippen LogP contribution is -2.55. The Hall–Kier alpha value is -2.68. The Bertz CT molecular complexity index is 902. The number of likely N-dealkylation sites (tertiary alicyclic amines) is 1. The van der Waals surface area contributed by atoms with E-state index in [0.717, 1.165) is 6.26 Å². The van der Waals surface area contributed by atoms with Crippen molar-refractivity contribution in [3.63, 3.8) is 0 Å². The number of sulfone groups is 1. The molecule has 2 amide bonds. The maximum Gasteiger partial charge on any atom is 0.252 e. The minimum absolute atomic E-state index is 0.201. The number of hydrogen-bond donors (Lipinski definition) is 1. The van der Waals surface area contributed by atoms with E-state index in [9.17, 15) is 18.0 Å². The predicted octanol–water partition coefficient (Wildman–Crippen LogP) is 0.884. The molecular formula is C18H22N4O4S. The first-order chi connectivity index (χ1) is 12.8. The minimum Gasteiger partial charge on any atom is -0.342 e. The van der Waals surface area contributed by atoms with Crippen molar-refractivity contribution >= 4 is 27.3 Å². The van der Waals surface area contributed by atoms with Crippen LogP contribution in [-0.4, -0.2) is 60.0 Å². The molecule has 2 aromatic rings. The molecule has 9 heteroatoms. The molecular weight excluding hydrogens is 368 g/mol. The maximum absolute atomic E-state index is 13.1. The number of nitrogens with one attached hydrogen (secondary N) is 1. The van der Waals surface area contributed by atoms with Gasteiger partial charge in [-0.3, -0.25) is 14.3 Å². The molecule has 0 saturated carbocycles. The molecule has 1 aliphatic rings. The molecule has 1 saturated heterocycles. The average molecular weight is 390 g/mol. The van der Waals surface area contributed by atoms with E-state index in [1.807, 2.05) is 18.2 Å². The Morgan fingerprint density at radius 3 is 2.37 bits per heavy atom. The van der Waals surface area contributed by atoms with Crippen LogP contribution in [0, 0.1) is 0 Å². The Kier molecular flexibility index (Phi) is 5.31. The van der Waals surface area contributed by atoms with Gasteiger partial charge in [-0.05, 0) is 31.0 Å². The zero-order valence-corrected chi connectivity index (χ0v) is 15.9. The summed E-state index contributed by atoms with van der Waals surface area (Å²) in [4.78, 5) is 26.8. The van der Waals surface area contributed by atoms with Crippen molar-refractivity contribution in [3.8, 4) is 0 Å². The van der Waals surface area contributed by atoms with Crippen LogP contribution < -0.4 is 5.32 Å². The van der Waals surface area contributed by atoms with Crippen LogP contribution in [0.3, 0.4) is 0 Å². The molecule has 2 heterocycles. The fourth-order valence-corrected chi connectivity index (χ4v) is 3.92. The van der Waals surface area contributed by atoms with Crippen molar-refractivity contribution in [2.45, 2.75) is 18.4 Å². The number of hydrogen-bond acceptors (Lipinski definition) is 5. The third kappa shape index (κ3) is 4.36. The van der Waals surface area contributed by atoms with E-state index in [0.29, 0.717) is 18.5 Å². The van der Waals surface area contributed by atoms with Crippen molar-refractivity contribution in [1.82, 2.24) is 14.7 Å². The molecule has 0 bridgehead atoms. The molecule has 1 aromatic carbocycles. The number of benzene rings is 1. The fraction of sp³-hybridized carbons (Fsp3) is 0.389. The lowest BCUT2D eigenvalue weighted by Gasteiger charge is -2.40. The van der Waals surface area contributed by atoms with Crippen LogP contribution in [0.1, 0.15) is 12.8 Å². The summed E-state index contributed by atoms with van der Waals surface area (Å²) in [6, 6.07) is 10.9. The van der Waals surface area contributed by atoms with Gasteiger partial charge in [-0.2, -0.15) is 5.10 Å². The van der Waals surface area contributed by atoms with Gasteiger partial charge >= 0.3 is 0 Å². The highest BCUT2D eigenvalue weighted by atomic mass is 32.2. The number of nitrogens with zero attached hydrogens (tertiary/aromatic N) is 3. The smallest absolute Gasteiger partial charge is 0.252 e. The molecule has 1 fully saturated rings. The Morgan fingerprint density at radius 1 is 1.15 bits per heavy atom. The Labute approximate surface area is 158 Å². The summed E-state index contributed by atoms with van der Waals surface area (Å²) in [6.45, 7) is 0.576. The van der Waals surface area contributed by atoms with Gasteiger partial charge in [0.15, 0.2) is 9.84 Å². The molecule has 27 heavy (non-hydrogen) atoms. The molecule has 0 atom stereocenters.